The highest BCUT2D eigenvalue weighted by atomic mass is 35.5. The average Bonchev–Trinajstić information content (AvgIpc) is 3.49. The lowest BCUT2D eigenvalue weighted by molar-refractivity contribution is 0.0463. The Morgan fingerprint density at radius 1 is 1.10 bits per heavy atom. The van der Waals surface area contributed by atoms with Crippen LogP contribution >= 0.6 is 23.2 Å². The maximum absolute atomic E-state index is 13.4. The van der Waals surface area contributed by atoms with Gasteiger partial charge < -0.3 is 25.3 Å². The van der Waals surface area contributed by atoms with Gasteiger partial charge in [-0.3, -0.25) is 9.59 Å². The zero-order chi connectivity index (χ0) is 28.5. The Labute approximate surface area is 237 Å². The summed E-state index contributed by atoms with van der Waals surface area (Å²) in [6.45, 7) is 9.60. The number of carbonyl (C=O) groups is 3. The Morgan fingerprint density at radius 2 is 1.85 bits per heavy atom. The predicted molar refractivity (Wildman–Crippen MR) is 151 cm³/mol. The van der Waals surface area contributed by atoms with E-state index in [0.717, 1.165) is 23.9 Å². The molecule has 0 saturated carbocycles. The molecule has 3 amide bonds. The highest BCUT2D eigenvalue weighted by Gasteiger charge is 2.35. The van der Waals surface area contributed by atoms with Gasteiger partial charge in [0.1, 0.15) is 11.4 Å². The molecule has 1 saturated heterocycles. The number of imidazole rings is 1. The van der Waals surface area contributed by atoms with E-state index in [0.29, 0.717) is 28.5 Å². The third-order valence-electron chi connectivity index (χ3n) is 6.56. The van der Waals surface area contributed by atoms with E-state index in [4.69, 9.17) is 27.9 Å². The Bertz CT molecular complexity index is 1400. The molecule has 9 nitrogen and oxygen atoms in total. The molecule has 39 heavy (non-hydrogen) atoms. The van der Waals surface area contributed by atoms with Gasteiger partial charge in [0.25, 0.3) is 11.8 Å². The number of rotatable bonds is 6. The lowest BCUT2D eigenvalue weighted by atomic mass is 10.1. The second kappa shape index (κ2) is 11.4. The Balaban J connectivity index is 1.42. The van der Waals surface area contributed by atoms with Crippen LogP contribution in [0, 0.1) is 0 Å². The van der Waals surface area contributed by atoms with E-state index in [9.17, 15) is 14.4 Å². The summed E-state index contributed by atoms with van der Waals surface area (Å²) in [5.74, 6) is -0.00887. The molecule has 3 N–H and O–H groups in total. The van der Waals surface area contributed by atoms with E-state index in [1.807, 2.05) is 13.8 Å². The van der Waals surface area contributed by atoms with Gasteiger partial charge in [0.05, 0.1) is 33.7 Å². The summed E-state index contributed by atoms with van der Waals surface area (Å²) in [4.78, 5) is 48.0. The number of nitrogens with zero attached hydrogens (tertiary/aromatic N) is 2. The molecule has 1 fully saturated rings. The molecule has 0 aliphatic carbocycles. The lowest BCUT2D eigenvalue weighted by Crippen LogP contribution is -2.50. The predicted octanol–water partition coefficient (Wildman–Crippen LogP) is 5.88. The number of amides is 3. The molecule has 3 aromatic rings. The molecule has 2 heterocycles. The fourth-order valence-corrected chi connectivity index (χ4v) is 5.13. The van der Waals surface area contributed by atoms with Crippen LogP contribution in [0.15, 0.2) is 36.4 Å². The summed E-state index contributed by atoms with van der Waals surface area (Å²) in [6, 6.07) is 9.04. The molecular formula is C28H33Cl2N5O4. The van der Waals surface area contributed by atoms with Crippen molar-refractivity contribution >= 4 is 52.1 Å². The Morgan fingerprint density at radius 3 is 2.54 bits per heavy atom. The molecular weight excluding hydrogens is 541 g/mol. The second-order valence-electron chi connectivity index (χ2n) is 10.8. The fraction of sp³-hybridized carbons (Fsp3) is 0.429. The van der Waals surface area contributed by atoms with Crippen molar-refractivity contribution in [1.82, 2.24) is 25.5 Å². The first kappa shape index (κ1) is 28.7. The molecule has 1 aromatic heterocycles. The quantitative estimate of drug-likeness (QED) is 0.340. The molecule has 4 rings (SSSR count). The van der Waals surface area contributed by atoms with Crippen LogP contribution in [0.25, 0.3) is 11.0 Å². The van der Waals surface area contributed by atoms with E-state index in [1.165, 1.54) is 6.07 Å². The molecule has 1 aliphatic heterocycles. The van der Waals surface area contributed by atoms with Crippen molar-refractivity contribution in [1.29, 1.82) is 0 Å². The minimum absolute atomic E-state index is 0.178. The number of aromatic nitrogens is 2. The van der Waals surface area contributed by atoms with E-state index in [1.54, 1.807) is 56.0 Å². The van der Waals surface area contributed by atoms with Gasteiger partial charge in [-0.05, 0) is 83.9 Å². The zero-order valence-corrected chi connectivity index (χ0v) is 24.1. The maximum Gasteiger partial charge on any atom is 0.407 e. The number of benzene rings is 2. The highest BCUT2D eigenvalue weighted by molar-refractivity contribution is 6.34. The first-order valence-electron chi connectivity index (χ1n) is 12.9. The molecule has 2 unspecified atom stereocenters. The molecule has 11 heteroatoms. The van der Waals surface area contributed by atoms with Crippen LogP contribution in [0.5, 0.6) is 0 Å². The molecule has 2 aromatic carbocycles. The topological polar surface area (TPSA) is 116 Å². The molecule has 208 valence electrons. The normalized spacial score (nSPS) is 17.1. The zero-order valence-electron chi connectivity index (χ0n) is 22.6. The molecule has 0 radical (unpaired) electrons. The molecule has 0 bridgehead atoms. The van der Waals surface area contributed by atoms with Crippen molar-refractivity contribution in [2.45, 2.75) is 71.2 Å². The van der Waals surface area contributed by atoms with E-state index in [-0.39, 0.29) is 28.9 Å². The van der Waals surface area contributed by atoms with Gasteiger partial charge in [0.2, 0.25) is 0 Å². The number of hydrogen-bond donors (Lipinski definition) is 3. The smallest absolute Gasteiger partial charge is 0.407 e. The van der Waals surface area contributed by atoms with Crippen molar-refractivity contribution in [2.75, 3.05) is 6.54 Å². The summed E-state index contributed by atoms with van der Waals surface area (Å²) in [6.07, 6.45) is 1.02. The number of H-pyrrole nitrogens is 1. The van der Waals surface area contributed by atoms with Crippen LogP contribution in [0.2, 0.25) is 10.0 Å². The number of aromatic amines is 1. The van der Waals surface area contributed by atoms with Crippen molar-refractivity contribution in [3.05, 3.63) is 63.4 Å². The van der Waals surface area contributed by atoms with Crippen LogP contribution in [0.4, 0.5) is 4.79 Å². The van der Waals surface area contributed by atoms with E-state index >= 15 is 0 Å². The number of carbonyl (C=O) groups excluding carboxylic acids is 3. The third kappa shape index (κ3) is 6.83. The van der Waals surface area contributed by atoms with E-state index < -0.39 is 17.7 Å². The van der Waals surface area contributed by atoms with E-state index in [2.05, 4.69) is 20.6 Å². The monoisotopic (exact) mass is 573 g/mol. The number of nitrogens with one attached hydrogen (secondary N) is 3. The van der Waals surface area contributed by atoms with Gasteiger partial charge in [-0.1, -0.05) is 23.2 Å². The van der Waals surface area contributed by atoms with Crippen LogP contribution in [0.3, 0.4) is 0 Å². The van der Waals surface area contributed by atoms with Crippen LogP contribution in [0.1, 0.15) is 80.0 Å². The third-order valence-corrected chi connectivity index (χ3v) is 7.11. The second-order valence-corrected chi connectivity index (χ2v) is 11.7. The summed E-state index contributed by atoms with van der Waals surface area (Å²) in [5, 5.41) is 6.51. The number of fused-ring (bicyclic) bond motifs is 1. The SMILES string of the molecule is CC(NC(=O)OC(C)(C)C)C1CCCN1C(=O)c1ccc(C(=O)N[C@@H](C)c2nc3ccc(Cl)cc3[nH]2)cc1Cl. The summed E-state index contributed by atoms with van der Waals surface area (Å²) < 4.78 is 5.35. The molecule has 3 atom stereocenters. The van der Waals surface area contributed by atoms with Crippen molar-refractivity contribution in [3.8, 4) is 0 Å². The van der Waals surface area contributed by atoms with Gasteiger partial charge in [0, 0.05) is 23.2 Å². The number of alkyl carbamates (subject to hydrolysis) is 1. The van der Waals surface area contributed by atoms with Crippen LogP contribution in [-0.4, -0.2) is 57.0 Å². The number of hydrogen-bond acceptors (Lipinski definition) is 5. The first-order valence-corrected chi connectivity index (χ1v) is 13.6. The summed E-state index contributed by atoms with van der Waals surface area (Å²) in [7, 11) is 0. The fourth-order valence-electron chi connectivity index (χ4n) is 4.69. The van der Waals surface area contributed by atoms with Gasteiger partial charge in [-0.2, -0.15) is 0 Å². The van der Waals surface area contributed by atoms with Crippen LogP contribution in [-0.2, 0) is 4.74 Å². The lowest BCUT2D eigenvalue weighted by Gasteiger charge is -2.31. The largest absolute Gasteiger partial charge is 0.444 e. The minimum atomic E-state index is -0.616. The number of ether oxygens (including phenoxy) is 1. The van der Waals surface area contributed by atoms with Gasteiger partial charge in [-0.15, -0.1) is 0 Å². The van der Waals surface area contributed by atoms with Crippen molar-refractivity contribution < 1.29 is 19.1 Å². The minimum Gasteiger partial charge on any atom is -0.444 e. The van der Waals surface area contributed by atoms with Gasteiger partial charge in [-0.25, -0.2) is 9.78 Å². The van der Waals surface area contributed by atoms with Crippen molar-refractivity contribution in [3.63, 3.8) is 0 Å². The highest BCUT2D eigenvalue weighted by Crippen LogP contribution is 2.27. The average molecular weight is 575 g/mol. The number of likely N-dealkylation sites (tertiary alicyclic amines) is 1. The van der Waals surface area contributed by atoms with Gasteiger partial charge in [0.15, 0.2) is 0 Å². The standard InChI is InChI=1S/C28H33Cl2N5O4/c1-15(32-27(38)39-28(3,4)5)23-7-6-12-35(23)26(37)19-10-8-17(13-20(19)30)25(36)31-16(2)24-33-21-11-9-18(29)14-22(21)34-24/h8-11,13-16,23H,6-7,12H2,1-5H3,(H,31,36)(H,32,38)(H,33,34)/t15?,16-,23?/m0/s1. The Hall–Kier alpha value is -3.30. The van der Waals surface area contributed by atoms with Gasteiger partial charge >= 0.3 is 6.09 Å². The van der Waals surface area contributed by atoms with Crippen LogP contribution < -0.4 is 10.6 Å². The number of halogens is 2. The van der Waals surface area contributed by atoms with Crippen molar-refractivity contribution in [2.24, 2.45) is 0 Å². The summed E-state index contributed by atoms with van der Waals surface area (Å²) in [5.41, 5.74) is 1.53. The summed E-state index contributed by atoms with van der Waals surface area (Å²) >= 11 is 12.6. The maximum atomic E-state index is 13.4. The molecule has 0 spiro atoms. The first-order chi connectivity index (χ1) is 18.3. The Kier molecular flexibility index (Phi) is 8.42. The molecule has 1 aliphatic rings.